The zero-order valence-electron chi connectivity index (χ0n) is 13.1. The lowest BCUT2D eigenvalue weighted by Gasteiger charge is -2.19. The highest BCUT2D eigenvalue weighted by molar-refractivity contribution is 5.28. The van der Waals surface area contributed by atoms with Gasteiger partial charge in [-0.05, 0) is 49.9 Å². The third-order valence-electron chi connectivity index (χ3n) is 3.68. The van der Waals surface area contributed by atoms with Crippen LogP contribution in [0.25, 0.3) is 0 Å². The topological polar surface area (TPSA) is 41.5 Å². The summed E-state index contributed by atoms with van der Waals surface area (Å²) in [4.78, 5) is 0. The zero-order chi connectivity index (χ0) is 14.8. The van der Waals surface area contributed by atoms with Crippen molar-refractivity contribution in [2.45, 2.75) is 46.1 Å². The van der Waals surface area contributed by atoms with Gasteiger partial charge in [0.1, 0.15) is 5.75 Å². The molecule has 20 heavy (non-hydrogen) atoms. The Balaban J connectivity index is 2.44. The number of hydrogen-bond acceptors (Lipinski definition) is 3. The van der Waals surface area contributed by atoms with Gasteiger partial charge in [-0.3, -0.25) is 0 Å². The van der Waals surface area contributed by atoms with Crippen LogP contribution in [-0.4, -0.2) is 24.9 Å². The van der Waals surface area contributed by atoms with Gasteiger partial charge in [-0.1, -0.05) is 32.4 Å². The maximum Gasteiger partial charge on any atom is 0.119 e. The average Bonchev–Trinajstić information content (AvgIpc) is 2.49. The molecule has 1 aromatic rings. The van der Waals surface area contributed by atoms with Gasteiger partial charge in [0.2, 0.25) is 0 Å². The molecule has 3 heteroatoms. The summed E-state index contributed by atoms with van der Waals surface area (Å²) >= 11 is 0. The van der Waals surface area contributed by atoms with E-state index in [9.17, 15) is 0 Å². The molecule has 1 aromatic carbocycles. The normalized spacial score (nSPS) is 14.0. The summed E-state index contributed by atoms with van der Waals surface area (Å²) in [5.41, 5.74) is 1.27. The van der Waals surface area contributed by atoms with Crippen LogP contribution in [0.5, 0.6) is 5.75 Å². The minimum atomic E-state index is 0.276. The van der Waals surface area contributed by atoms with Crippen LogP contribution in [0.15, 0.2) is 24.3 Å². The number of ether oxygens (including phenoxy) is 1. The van der Waals surface area contributed by atoms with Gasteiger partial charge in [0.25, 0.3) is 0 Å². The molecule has 2 atom stereocenters. The second-order valence-corrected chi connectivity index (χ2v) is 5.33. The second-order valence-electron chi connectivity index (χ2n) is 5.33. The first-order valence-corrected chi connectivity index (χ1v) is 7.78. The van der Waals surface area contributed by atoms with Crippen molar-refractivity contribution in [2.75, 3.05) is 19.8 Å². The monoisotopic (exact) mass is 279 g/mol. The smallest absolute Gasteiger partial charge is 0.119 e. The third-order valence-corrected chi connectivity index (χ3v) is 3.68. The molecule has 0 aliphatic heterocycles. The number of hydrogen-bond donors (Lipinski definition) is 2. The van der Waals surface area contributed by atoms with Gasteiger partial charge in [0.15, 0.2) is 0 Å². The van der Waals surface area contributed by atoms with Gasteiger partial charge in [0.05, 0.1) is 6.61 Å². The first-order valence-electron chi connectivity index (χ1n) is 7.78. The summed E-state index contributed by atoms with van der Waals surface area (Å²) < 4.78 is 5.59. The van der Waals surface area contributed by atoms with Crippen LogP contribution < -0.4 is 10.1 Å². The van der Waals surface area contributed by atoms with E-state index in [2.05, 4.69) is 38.2 Å². The Morgan fingerprint density at radius 1 is 1.20 bits per heavy atom. The van der Waals surface area contributed by atoms with E-state index in [-0.39, 0.29) is 6.61 Å². The predicted octanol–water partition coefficient (Wildman–Crippen LogP) is 3.53. The van der Waals surface area contributed by atoms with Gasteiger partial charge in [0, 0.05) is 12.6 Å². The molecule has 0 radical (unpaired) electrons. The van der Waals surface area contributed by atoms with Crippen LogP contribution >= 0.6 is 0 Å². The number of aliphatic hydroxyl groups excluding tert-OH is 1. The van der Waals surface area contributed by atoms with Crippen molar-refractivity contribution < 1.29 is 9.84 Å². The van der Waals surface area contributed by atoms with E-state index in [4.69, 9.17) is 9.84 Å². The molecule has 0 aliphatic rings. The summed E-state index contributed by atoms with van der Waals surface area (Å²) in [5, 5.41) is 12.6. The molecule has 0 spiro atoms. The van der Waals surface area contributed by atoms with Crippen molar-refractivity contribution in [2.24, 2.45) is 5.92 Å². The molecule has 0 fully saturated rings. The highest BCUT2D eigenvalue weighted by Crippen LogP contribution is 2.18. The SMILES string of the molecule is CCCOc1ccc(C(C)NCC(CC)CCO)cc1. The molecule has 0 saturated carbocycles. The van der Waals surface area contributed by atoms with Gasteiger partial charge in [-0.2, -0.15) is 0 Å². The van der Waals surface area contributed by atoms with Crippen LogP contribution in [0, 0.1) is 5.92 Å². The summed E-state index contributed by atoms with van der Waals surface area (Å²) in [6.45, 7) is 8.45. The first kappa shape index (κ1) is 17.0. The predicted molar refractivity (Wildman–Crippen MR) is 84.1 cm³/mol. The van der Waals surface area contributed by atoms with E-state index in [0.717, 1.165) is 38.2 Å². The van der Waals surface area contributed by atoms with E-state index in [1.807, 2.05) is 12.1 Å². The van der Waals surface area contributed by atoms with Crippen molar-refractivity contribution in [1.29, 1.82) is 0 Å². The maximum absolute atomic E-state index is 9.01. The Morgan fingerprint density at radius 3 is 2.45 bits per heavy atom. The lowest BCUT2D eigenvalue weighted by Crippen LogP contribution is -2.26. The molecule has 0 aromatic heterocycles. The van der Waals surface area contributed by atoms with Crippen LogP contribution in [0.1, 0.15) is 51.6 Å². The van der Waals surface area contributed by atoms with Crippen LogP contribution in [-0.2, 0) is 0 Å². The standard InChI is InChI=1S/C17H29NO2/c1-4-12-20-17-8-6-16(7-9-17)14(3)18-13-15(5-2)10-11-19/h6-9,14-15,18-19H,4-5,10-13H2,1-3H3. The lowest BCUT2D eigenvalue weighted by molar-refractivity contribution is 0.249. The summed E-state index contributed by atoms with van der Waals surface area (Å²) in [6.07, 6.45) is 3.01. The fraction of sp³-hybridized carbons (Fsp3) is 0.647. The summed E-state index contributed by atoms with van der Waals surface area (Å²) in [5.74, 6) is 1.49. The quantitative estimate of drug-likeness (QED) is 0.688. The number of benzene rings is 1. The Bertz CT molecular complexity index is 351. The molecule has 0 bridgehead atoms. The van der Waals surface area contributed by atoms with E-state index in [1.54, 1.807) is 0 Å². The van der Waals surface area contributed by atoms with E-state index in [0.29, 0.717) is 12.0 Å². The van der Waals surface area contributed by atoms with Crippen molar-refractivity contribution in [3.05, 3.63) is 29.8 Å². The highest BCUT2D eigenvalue weighted by atomic mass is 16.5. The number of rotatable bonds is 10. The number of nitrogens with one attached hydrogen (secondary N) is 1. The molecule has 2 unspecified atom stereocenters. The van der Waals surface area contributed by atoms with E-state index in [1.165, 1.54) is 5.56 Å². The molecule has 0 heterocycles. The van der Waals surface area contributed by atoms with Gasteiger partial charge in [-0.25, -0.2) is 0 Å². The minimum absolute atomic E-state index is 0.276. The molecule has 3 nitrogen and oxygen atoms in total. The van der Waals surface area contributed by atoms with E-state index < -0.39 is 0 Å². The van der Waals surface area contributed by atoms with Crippen LogP contribution in [0.4, 0.5) is 0 Å². The van der Waals surface area contributed by atoms with Crippen LogP contribution in [0.2, 0.25) is 0 Å². The molecule has 1 rings (SSSR count). The number of aliphatic hydroxyl groups is 1. The van der Waals surface area contributed by atoms with Crippen molar-refractivity contribution in [1.82, 2.24) is 5.32 Å². The van der Waals surface area contributed by atoms with Crippen LogP contribution in [0.3, 0.4) is 0 Å². The second kappa shape index (κ2) is 9.78. The molecule has 0 amide bonds. The Labute approximate surface area is 123 Å². The molecular formula is C17H29NO2. The molecular weight excluding hydrogens is 250 g/mol. The Kier molecular flexibility index (Phi) is 8.31. The van der Waals surface area contributed by atoms with Gasteiger partial charge in [-0.15, -0.1) is 0 Å². The minimum Gasteiger partial charge on any atom is -0.494 e. The highest BCUT2D eigenvalue weighted by Gasteiger charge is 2.09. The molecule has 0 saturated heterocycles. The van der Waals surface area contributed by atoms with E-state index >= 15 is 0 Å². The fourth-order valence-electron chi connectivity index (χ4n) is 2.17. The molecule has 2 N–H and O–H groups in total. The Hall–Kier alpha value is -1.06. The Morgan fingerprint density at radius 2 is 1.90 bits per heavy atom. The summed E-state index contributed by atoms with van der Waals surface area (Å²) in [6, 6.07) is 8.64. The fourth-order valence-corrected chi connectivity index (χ4v) is 2.17. The summed E-state index contributed by atoms with van der Waals surface area (Å²) in [7, 11) is 0. The maximum atomic E-state index is 9.01. The van der Waals surface area contributed by atoms with Gasteiger partial charge >= 0.3 is 0 Å². The first-order chi connectivity index (χ1) is 9.71. The molecule has 114 valence electrons. The third kappa shape index (κ3) is 5.93. The van der Waals surface area contributed by atoms with Gasteiger partial charge < -0.3 is 15.2 Å². The largest absolute Gasteiger partial charge is 0.494 e. The van der Waals surface area contributed by atoms with Crippen molar-refractivity contribution in [3.8, 4) is 5.75 Å². The van der Waals surface area contributed by atoms with Crippen molar-refractivity contribution in [3.63, 3.8) is 0 Å². The molecule has 0 aliphatic carbocycles. The average molecular weight is 279 g/mol. The van der Waals surface area contributed by atoms with Crippen molar-refractivity contribution >= 4 is 0 Å². The lowest BCUT2D eigenvalue weighted by atomic mass is 10.0. The zero-order valence-corrected chi connectivity index (χ0v) is 13.1.